The molecule has 24 heavy (non-hydrogen) atoms. The summed E-state index contributed by atoms with van der Waals surface area (Å²) in [7, 11) is 0. The average Bonchev–Trinajstić information content (AvgIpc) is 3.07. The number of rotatable bonds is 5. The summed E-state index contributed by atoms with van der Waals surface area (Å²) in [5.74, 6) is 0.890. The fourth-order valence-electron chi connectivity index (χ4n) is 2.42. The summed E-state index contributed by atoms with van der Waals surface area (Å²) < 4.78 is 5.67. The zero-order valence-corrected chi connectivity index (χ0v) is 15.2. The summed E-state index contributed by atoms with van der Waals surface area (Å²) >= 11 is 1.78. The molecule has 0 bridgehead atoms. The largest absolute Gasteiger partial charge is 0.489 e. The van der Waals surface area contributed by atoms with Crippen LogP contribution in [-0.2, 0) is 0 Å². The Hall–Kier alpha value is -2.05. The second-order valence-corrected chi connectivity index (χ2v) is 6.49. The van der Waals surface area contributed by atoms with Crippen LogP contribution in [0, 0.1) is 6.92 Å². The van der Waals surface area contributed by atoms with E-state index in [-0.39, 0.29) is 0 Å². The molecule has 2 aromatic rings. The topological polar surface area (TPSA) is 62.9 Å². The number of aryl methyl sites for hydroxylation is 1. The summed E-state index contributed by atoms with van der Waals surface area (Å²) in [6.45, 7) is 8.84. The molecule has 5 nitrogen and oxygen atoms in total. The monoisotopic (exact) mass is 346 g/mol. The lowest BCUT2D eigenvalue weighted by atomic mass is 10.2. The molecule has 0 spiro atoms. The van der Waals surface area contributed by atoms with Gasteiger partial charge in [-0.3, -0.25) is 0 Å². The zero-order valence-electron chi connectivity index (χ0n) is 14.4. The van der Waals surface area contributed by atoms with Gasteiger partial charge >= 0.3 is 0 Å². The van der Waals surface area contributed by atoms with Gasteiger partial charge in [0.05, 0.1) is 24.3 Å². The minimum atomic E-state index is 0.717. The number of hydrogen-bond donors (Lipinski definition) is 2. The van der Waals surface area contributed by atoms with Gasteiger partial charge in [0.25, 0.3) is 0 Å². The Morgan fingerprint density at radius 3 is 2.92 bits per heavy atom. The molecule has 0 radical (unpaired) electrons. The molecular formula is C18H26N4OS. The molecule has 1 aliphatic rings. The third-order valence-electron chi connectivity index (χ3n) is 3.60. The van der Waals surface area contributed by atoms with Crippen LogP contribution in [-0.4, -0.2) is 39.1 Å². The number of likely N-dealkylation sites (N-methyl/N-ethyl adjacent to an activating group) is 1. The maximum absolute atomic E-state index is 5.67. The Bertz CT molecular complexity index is 628. The second-order valence-electron chi connectivity index (χ2n) is 5.34. The van der Waals surface area contributed by atoms with Gasteiger partial charge in [-0.1, -0.05) is 13.0 Å². The van der Waals surface area contributed by atoms with Crippen molar-refractivity contribution in [1.29, 1.82) is 0 Å². The number of hydrogen-bond acceptors (Lipinski definition) is 5. The van der Waals surface area contributed by atoms with Crippen molar-refractivity contribution in [2.45, 2.75) is 13.8 Å². The molecule has 0 saturated heterocycles. The highest BCUT2D eigenvalue weighted by molar-refractivity contribution is 7.09. The molecule has 2 heterocycles. The van der Waals surface area contributed by atoms with Crippen LogP contribution in [0.2, 0.25) is 0 Å². The molecule has 0 saturated carbocycles. The highest BCUT2D eigenvalue weighted by atomic mass is 32.1. The van der Waals surface area contributed by atoms with Crippen molar-refractivity contribution in [3.8, 4) is 5.75 Å². The van der Waals surface area contributed by atoms with Crippen LogP contribution in [0.5, 0.6) is 5.75 Å². The first-order valence-electron chi connectivity index (χ1n) is 8.21. The zero-order chi connectivity index (χ0) is 17.2. The molecule has 1 aromatic carbocycles. The molecule has 0 amide bonds. The first kappa shape index (κ1) is 18.3. The van der Waals surface area contributed by atoms with E-state index in [1.54, 1.807) is 11.3 Å². The van der Waals surface area contributed by atoms with Crippen molar-refractivity contribution >= 4 is 29.1 Å². The third kappa shape index (κ3) is 5.54. The van der Waals surface area contributed by atoms with Gasteiger partial charge in [0.15, 0.2) is 0 Å². The van der Waals surface area contributed by atoms with E-state index >= 15 is 0 Å². The molecule has 0 atom stereocenters. The van der Waals surface area contributed by atoms with Gasteiger partial charge in [0.2, 0.25) is 0 Å². The maximum Gasteiger partial charge on any atom is 0.144 e. The van der Waals surface area contributed by atoms with E-state index in [4.69, 9.17) is 10.5 Å². The van der Waals surface area contributed by atoms with E-state index in [0.717, 1.165) is 49.9 Å². The standard InChI is InChI=1S/C13H20N4O.C5H6S/c1-2-15-5-6-17-7-8-18-13-9-11(16-10-14)3-4-12(13)17;1-5-3-2-4-6-5/h3-4,9-10,15H,2,5-8H2,1H3,(H2,14,16);2-4H,1H3. The molecule has 130 valence electrons. The quantitative estimate of drug-likeness (QED) is 0.496. The van der Waals surface area contributed by atoms with E-state index in [1.807, 2.05) is 18.2 Å². The van der Waals surface area contributed by atoms with Crippen LogP contribution in [0.3, 0.4) is 0 Å². The van der Waals surface area contributed by atoms with Crippen molar-refractivity contribution in [2.24, 2.45) is 10.7 Å². The lowest BCUT2D eigenvalue weighted by molar-refractivity contribution is 0.307. The number of thiophene rings is 1. The van der Waals surface area contributed by atoms with Gasteiger partial charge in [-0.15, -0.1) is 11.3 Å². The fourth-order valence-corrected chi connectivity index (χ4v) is 2.94. The number of benzene rings is 1. The Labute approximate surface area is 148 Å². The molecule has 1 aromatic heterocycles. The summed E-state index contributed by atoms with van der Waals surface area (Å²) in [6.07, 6.45) is 1.30. The van der Waals surface area contributed by atoms with E-state index < -0.39 is 0 Å². The summed E-state index contributed by atoms with van der Waals surface area (Å²) in [4.78, 5) is 7.77. The molecule has 3 rings (SSSR count). The van der Waals surface area contributed by atoms with Crippen LogP contribution in [0.15, 0.2) is 40.7 Å². The van der Waals surface area contributed by atoms with E-state index in [0.29, 0.717) is 0 Å². The van der Waals surface area contributed by atoms with Crippen molar-refractivity contribution in [1.82, 2.24) is 5.32 Å². The molecule has 0 fully saturated rings. The Morgan fingerprint density at radius 1 is 1.42 bits per heavy atom. The number of ether oxygens (including phenoxy) is 1. The summed E-state index contributed by atoms with van der Waals surface area (Å²) in [5.41, 5.74) is 7.25. The van der Waals surface area contributed by atoms with Crippen molar-refractivity contribution in [3.63, 3.8) is 0 Å². The third-order valence-corrected chi connectivity index (χ3v) is 4.40. The molecule has 1 aliphatic heterocycles. The van der Waals surface area contributed by atoms with Gasteiger partial charge in [-0.05, 0) is 37.0 Å². The molecule has 0 unspecified atom stereocenters. The minimum Gasteiger partial charge on any atom is -0.489 e. The Balaban J connectivity index is 0.000000292. The number of nitrogens with one attached hydrogen (secondary N) is 1. The van der Waals surface area contributed by atoms with Crippen molar-refractivity contribution in [2.75, 3.05) is 37.7 Å². The summed E-state index contributed by atoms with van der Waals surface area (Å²) in [6, 6.07) is 10.1. The smallest absolute Gasteiger partial charge is 0.144 e. The van der Waals surface area contributed by atoms with Crippen LogP contribution in [0.25, 0.3) is 0 Å². The number of anilines is 1. The van der Waals surface area contributed by atoms with Gasteiger partial charge < -0.3 is 20.7 Å². The highest BCUT2D eigenvalue weighted by Crippen LogP contribution is 2.34. The van der Waals surface area contributed by atoms with E-state index in [1.165, 1.54) is 11.2 Å². The van der Waals surface area contributed by atoms with Gasteiger partial charge in [-0.2, -0.15) is 0 Å². The molecule has 0 aliphatic carbocycles. The number of aliphatic imine (C=N–C) groups is 1. The van der Waals surface area contributed by atoms with Crippen LogP contribution >= 0.6 is 11.3 Å². The molecule has 6 heteroatoms. The lowest BCUT2D eigenvalue weighted by Crippen LogP contribution is -2.37. The van der Waals surface area contributed by atoms with E-state index in [2.05, 4.69) is 46.6 Å². The lowest BCUT2D eigenvalue weighted by Gasteiger charge is -2.31. The average molecular weight is 347 g/mol. The van der Waals surface area contributed by atoms with Crippen molar-refractivity contribution in [3.05, 3.63) is 40.6 Å². The maximum atomic E-state index is 5.67. The predicted octanol–water partition coefficient (Wildman–Crippen LogP) is 3.17. The molecule has 3 N–H and O–H groups in total. The van der Waals surface area contributed by atoms with Crippen molar-refractivity contribution < 1.29 is 4.74 Å². The molecular weight excluding hydrogens is 320 g/mol. The Morgan fingerprint density at radius 2 is 2.29 bits per heavy atom. The van der Waals surface area contributed by atoms with Gasteiger partial charge in [0, 0.05) is 24.0 Å². The second kappa shape index (κ2) is 9.95. The number of nitrogens with zero attached hydrogens (tertiary/aromatic N) is 2. The first-order valence-corrected chi connectivity index (χ1v) is 9.09. The number of fused-ring (bicyclic) bond motifs is 1. The Kier molecular flexibility index (Phi) is 7.58. The normalized spacial score (nSPS) is 13.2. The predicted molar refractivity (Wildman–Crippen MR) is 104 cm³/mol. The van der Waals surface area contributed by atoms with Gasteiger partial charge in [-0.25, -0.2) is 4.99 Å². The van der Waals surface area contributed by atoms with Crippen LogP contribution in [0.4, 0.5) is 11.4 Å². The van der Waals surface area contributed by atoms with Crippen LogP contribution < -0.4 is 20.7 Å². The fraction of sp³-hybridized carbons (Fsp3) is 0.389. The summed E-state index contributed by atoms with van der Waals surface area (Å²) in [5, 5.41) is 5.41. The van der Waals surface area contributed by atoms with E-state index in [9.17, 15) is 0 Å². The first-order chi connectivity index (χ1) is 11.7. The number of nitrogens with two attached hydrogens (primary N) is 1. The SMILES string of the molecule is CCNCCN1CCOc2cc(N=CN)ccc21.Cc1cccs1. The van der Waals surface area contributed by atoms with Crippen LogP contribution in [0.1, 0.15) is 11.8 Å². The minimum absolute atomic E-state index is 0.717. The highest BCUT2D eigenvalue weighted by Gasteiger charge is 2.17. The van der Waals surface area contributed by atoms with Gasteiger partial charge in [0.1, 0.15) is 12.4 Å².